The third kappa shape index (κ3) is 22.2. The van der Waals surface area contributed by atoms with E-state index in [9.17, 15) is 64.6 Å². The first-order valence-corrected chi connectivity index (χ1v) is 22.3. The number of fused-ring (bicyclic) bond motifs is 2. The van der Waals surface area contributed by atoms with E-state index in [0.717, 1.165) is 60.8 Å². The zero-order chi connectivity index (χ0) is 60.2. The second kappa shape index (κ2) is 32.9. The van der Waals surface area contributed by atoms with E-state index >= 15 is 0 Å². The van der Waals surface area contributed by atoms with Gasteiger partial charge >= 0.3 is 29.8 Å². The molecule has 0 aliphatic heterocycles. The summed E-state index contributed by atoms with van der Waals surface area (Å²) >= 11 is 0. The summed E-state index contributed by atoms with van der Waals surface area (Å²) in [4.78, 5) is 80.9. The summed E-state index contributed by atoms with van der Waals surface area (Å²) in [7, 11) is 3.73. The molecule has 81 heavy (non-hydrogen) atoms. The van der Waals surface area contributed by atoms with Gasteiger partial charge in [-0.2, -0.15) is 0 Å². The molecule has 9 rings (SSSR count). The van der Waals surface area contributed by atoms with Gasteiger partial charge in [0.1, 0.15) is 63.9 Å². The van der Waals surface area contributed by atoms with E-state index in [1.807, 2.05) is 0 Å². The van der Waals surface area contributed by atoms with Crippen molar-refractivity contribution in [1.82, 2.24) is 33.7 Å². The second-order valence-corrected chi connectivity index (χ2v) is 15.1. The molecule has 9 heterocycles. The number of carbonyl (C=O) groups is 6. The van der Waals surface area contributed by atoms with Crippen LogP contribution < -0.4 is 0 Å². The Bertz CT molecular complexity index is 3520. The van der Waals surface area contributed by atoms with Gasteiger partial charge < -0.3 is 43.4 Å². The maximum Gasteiger partial charge on any atom is 0.356 e. The molecule has 422 valence electrons. The first kappa shape index (κ1) is 64.7. The quantitative estimate of drug-likeness (QED) is 0.0347. The van der Waals surface area contributed by atoms with Gasteiger partial charge in [-0.15, -0.1) is 0 Å². The molecule has 0 aliphatic rings. The average Bonchev–Trinajstić information content (AvgIpc) is 4.11. The van der Waals surface area contributed by atoms with Gasteiger partial charge in [-0.3, -0.25) is 19.7 Å². The molecular formula is C54H44F7N7O13. The maximum absolute atomic E-state index is 12.8. The minimum Gasteiger partial charge on any atom is -0.478 e. The number of aromatic nitrogens is 7. The van der Waals surface area contributed by atoms with Crippen molar-refractivity contribution in [3.63, 3.8) is 0 Å². The third-order valence-corrected chi connectivity index (χ3v) is 9.48. The van der Waals surface area contributed by atoms with Crippen molar-refractivity contribution in [2.75, 3.05) is 21.3 Å². The number of aldehydes is 1. The van der Waals surface area contributed by atoms with Crippen LogP contribution in [0.25, 0.3) is 11.0 Å². The Morgan fingerprint density at radius 3 is 1.37 bits per heavy atom. The highest BCUT2D eigenvalue weighted by Gasteiger charge is 2.20. The Labute approximate surface area is 453 Å². The van der Waals surface area contributed by atoms with Crippen molar-refractivity contribution in [2.24, 2.45) is 0 Å². The normalized spacial score (nSPS) is 10.2. The van der Waals surface area contributed by atoms with Crippen molar-refractivity contribution in [2.45, 2.75) is 12.7 Å². The molecule has 0 bridgehead atoms. The van der Waals surface area contributed by atoms with E-state index in [0.29, 0.717) is 23.1 Å². The number of ether oxygens (including phenoxy) is 3. The fourth-order valence-corrected chi connectivity index (χ4v) is 5.54. The highest BCUT2D eigenvalue weighted by atomic mass is 19.2. The summed E-state index contributed by atoms with van der Waals surface area (Å²) in [5.41, 5.74) is 2.68. The number of rotatable bonds is 9. The highest BCUT2D eigenvalue weighted by Crippen LogP contribution is 2.19. The summed E-state index contributed by atoms with van der Waals surface area (Å²) in [6, 6.07) is 21.1. The number of nitrogens with zero attached hydrogens (tertiary/aromatic N) is 7. The number of carboxylic acid groups (broad SMARTS) is 2. The number of aliphatic hydroxyl groups excluding tert-OH is 2. The lowest BCUT2D eigenvalue weighted by molar-refractivity contribution is -0.137. The van der Waals surface area contributed by atoms with Gasteiger partial charge in [0.2, 0.25) is 0 Å². The van der Waals surface area contributed by atoms with E-state index in [-0.39, 0.29) is 58.0 Å². The zero-order valence-electron chi connectivity index (χ0n) is 42.2. The van der Waals surface area contributed by atoms with Crippen LogP contribution in [0.3, 0.4) is 0 Å². The fraction of sp³-hybridized carbons (Fsp3) is 0.0926. The summed E-state index contributed by atoms with van der Waals surface area (Å²) in [5.74, 6) is -6.95. The predicted molar refractivity (Wildman–Crippen MR) is 270 cm³/mol. The standard InChI is InChI=1S/C10H10FNO3.C10H8FNO2.C9H6FNO2.C7H6FNO2.C6H4FNO2.C6H6FNO.C6H4FNO/c1-6(10(14)15-2)9(13)8-4-3-7(11)5-12-8;1-14-10(13)7-4-9-3-2-8(11)6-12(9)5-7;10-7-1-2-8-3-6(9(12)13)4-11(8)5-7;1-11-7(10)6-3-2-5(8)4-9-6;7-4-1-2-5(6(9)10)8-3-4;2*7-5-1-2-6(4-9)8-3-5/h3-5,9,13H,1H2,2H3;2-6H,1H3;1-5H,(H,12,13);2-4H,1H3;1-3H,(H,9,10);1-3,9H,4H2;1-4H. The van der Waals surface area contributed by atoms with Crippen LogP contribution >= 0.6 is 0 Å². The van der Waals surface area contributed by atoms with Crippen LogP contribution in [0.5, 0.6) is 0 Å². The average molecular weight is 1130 g/mol. The van der Waals surface area contributed by atoms with Crippen molar-refractivity contribution in [3.05, 3.63) is 245 Å². The molecule has 0 spiro atoms. The Morgan fingerprint density at radius 1 is 0.531 bits per heavy atom. The van der Waals surface area contributed by atoms with E-state index in [2.05, 4.69) is 45.7 Å². The summed E-state index contributed by atoms with van der Waals surface area (Å²) in [6.07, 6.45) is 9.60. The highest BCUT2D eigenvalue weighted by molar-refractivity contribution is 5.91. The molecule has 20 nitrogen and oxygen atoms in total. The largest absolute Gasteiger partial charge is 0.478 e. The van der Waals surface area contributed by atoms with E-state index in [1.165, 1.54) is 111 Å². The summed E-state index contributed by atoms with van der Waals surface area (Å²) < 4.78 is 103. The van der Waals surface area contributed by atoms with E-state index in [1.54, 1.807) is 16.5 Å². The molecule has 0 aliphatic carbocycles. The second-order valence-electron chi connectivity index (χ2n) is 15.1. The number of carboxylic acids is 2. The minimum atomic E-state index is -1.28. The van der Waals surface area contributed by atoms with Gasteiger partial charge in [-0.1, -0.05) is 6.58 Å². The van der Waals surface area contributed by atoms with Crippen LogP contribution in [0.2, 0.25) is 0 Å². The number of methoxy groups -OCH3 is 3. The van der Waals surface area contributed by atoms with Crippen LogP contribution in [0, 0.1) is 40.7 Å². The molecule has 27 heteroatoms. The molecule has 0 saturated heterocycles. The lowest BCUT2D eigenvalue weighted by atomic mass is 10.1. The number of halogens is 7. The molecular weight excluding hydrogens is 1090 g/mol. The number of pyridine rings is 7. The number of aromatic carboxylic acids is 2. The maximum atomic E-state index is 12.8. The Kier molecular flexibility index (Phi) is 26.3. The van der Waals surface area contributed by atoms with Crippen molar-refractivity contribution in [3.8, 4) is 0 Å². The molecule has 0 saturated carbocycles. The SMILES string of the molecule is C=C(C(=O)OC)C(O)c1ccc(F)cn1.COC(=O)c1cc2ccc(F)cn2c1.COC(=O)c1ccc(F)cn1.O=C(O)c1cc2ccc(F)cn2c1.O=C(O)c1ccc(F)cn1.O=Cc1ccc(F)cn1.OCc1ccc(F)cn1. The molecule has 9 aromatic heterocycles. The van der Waals surface area contributed by atoms with Gasteiger partial charge in [0, 0.05) is 35.8 Å². The predicted octanol–water partition coefficient (Wildman–Crippen LogP) is 8.30. The lowest BCUT2D eigenvalue weighted by Crippen LogP contribution is -2.13. The van der Waals surface area contributed by atoms with Gasteiger partial charge in [0.05, 0.1) is 87.0 Å². The van der Waals surface area contributed by atoms with Gasteiger partial charge in [0.15, 0.2) is 6.29 Å². The van der Waals surface area contributed by atoms with Gasteiger partial charge in [-0.05, 0) is 97.1 Å². The Hall–Kier alpha value is -10.5. The van der Waals surface area contributed by atoms with Gasteiger partial charge in [0.25, 0.3) is 0 Å². The molecule has 1 unspecified atom stereocenters. The molecule has 0 amide bonds. The van der Waals surface area contributed by atoms with Crippen molar-refractivity contribution < 1.29 is 94.1 Å². The number of esters is 3. The Balaban J connectivity index is 0.000000250. The molecule has 1 atom stereocenters. The number of hydrogen-bond donors (Lipinski definition) is 4. The topological polar surface area (TPSA) is 284 Å². The van der Waals surface area contributed by atoms with Crippen LogP contribution in [-0.2, 0) is 25.6 Å². The minimum absolute atomic E-state index is 0.105. The fourth-order valence-electron chi connectivity index (χ4n) is 5.54. The van der Waals surface area contributed by atoms with Crippen molar-refractivity contribution in [1.29, 1.82) is 0 Å². The van der Waals surface area contributed by atoms with E-state index in [4.69, 9.17) is 15.3 Å². The summed E-state index contributed by atoms with van der Waals surface area (Å²) in [6.45, 7) is 3.23. The zero-order valence-corrected chi connectivity index (χ0v) is 42.2. The van der Waals surface area contributed by atoms with Crippen molar-refractivity contribution >= 4 is 47.2 Å². The monoisotopic (exact) mass is 1130 g/mol. The van der Waals surface area contributed by atoms with Crippen LogP contribution in [-0.4, -0.2) is 112 Å². The Morgan fingerprint density at radius 2 is 0.975 bits per heavy atom. The van der Waals surface area contributed by atoms with Crippen LogP contribution in [0.1, 0.15) is 69.7 Å². The molecule has 0 fully saturated rings. The number of carbonyl (C=O) groups excluding carboxylic acids is 4. The first-order chi connectivity index (χ1) is 38.5. The summed E-state index contributed by atoms with van der Waals surface area (Å²) in [5, 5.41) is 35.0. The van der Waals surface area contributed by atoms with Crippen LogP contribution in [0.15, 0.2) is 165 Å². The molecule has 9 aromatic rings. The van der Waals surface area contributed by atoms with E-state index < -0.39 is 59.2 Å². The van der Waals surface area contributed by atoms with Gasteiger partial charge in [-0.25, -0.2) is 64.7 Å². The number of aliphatic hydroxyl groups is 2. The first-order valence-electron chi connectivity index (χ1n) is 22.3. The molecule has 0 radical (unpaired) electrons. The smallest absolute Gasteiger partial charge is 0.356 e. The number of hydrogen-bond acceptors (Lipinski definition) is 16. The molecule has 0 aromatic carbocycles. The third-order valence-electron chi connectivity index (χ3n) is 9.48. The lowest BCUT2D eigenvalue weighted by Gasteiger charge is -2.10. The molecule has 4 N–H and O–H groups in total. The van der Waals surface area contributed by atoms with Crippen LogP contribution in [0.4, 0.5) is 30.7 Å².